The summed E-state index contributed by atoms with van der Waals surface area (Å²) in [4.78, 5) is 12.0. The first-order chi connectivity index (χ1) is 12.7. The summed E-state index contributed by atoms with van der Waals surface area (Å²) >= 11 is 0. The van der Waals surface area contributed by atoms with Crippen LogP contribution in [0.3, 0.4) is 0 Å². The van der Waals surface area contributed by atoms with Crippen molar-refractivity contribution in [2.75, 3.05) is 6.61 Å². The molecule has 3 N–H and O–H groups in total. The summed E-state index contributed by atoms with van der Waals surface area (Å²) in [5, 5.41) is 34.4. The van der Waals surface area contributed by atoms with E-state index in [2.05, 4.69) is 0 Å². The van der Waals surface area contributed by atoms with Gasteiger partial charge in [-0.2, -0.15) is 0 Å². The van der Waals surface area contributed by atoms with Gasteiger partial charge in [-0.15, -0.1) is 0 Å². The second kappa shape index (κ2) is 4.44. The molecule has 3 heterocycles. The van der Waals surface area contributed by atoms with Crippen LogP contribution in [0, 0.1) is 17.3 Å². The van der Waals surface area contributed by atoms with Gasteiger partial charge in [-0.25, -0.2) is 4.79 Å². The molecule has 3 aliphatic heterocycles. The van der Waals surface area contributed by atoms with Gasteiger partial charge in [0.15, 0.2) is 5.60 Å². The number of cyclic esters (lactones) is 1. The lowest BCUT2D eigenvalue weighted by molar-refractivity contribution is -0.259. The average Bonchev–Trinajstić information content (AvgIpc) is 3.50. The van der Waals surface area contributed by atoms with E-state index in [9.17, 15) is 20.1 Å². The third-order valence-electron chi connectivity index (χ3n) is 8.91. The quantitative estimate of drug-likeness (QED) is 0.437. The molecule has 148 valence electrons. The summed E-state index contributed by atoms with van der Waals surface area (Å²) in [7, 11) is 0. The van der Waals surface area contributed by atoms with Gasteiger partial charge in [0.2, 0.25) is 0 Å². The molecule has 2 saturated heterocycles. The van der Waals surface area contributed by atoms with Crippen LogP contribution in [0.25, 0.3) is 0 Å². The Labute approximate surface area is 157 Å². The first-order valence-corrected chi connectivity index (χ1v) is 9.99. The highest BCUT2D eigenvalue weighted by Crippen LogP contribution is 2.77. The predicted molar refractivity (Wildman–Crippen MR) is 90.4 cm³/mol. The Morgan fingerprint density at radius 2 is 1.93 bits per heavy atom. The summed E-state index contributed by atoms with van der Waals surface area (Å²) in [5.41, 5.74) is -2.57. The molecule has 0 aromatic carbocycles. The fourth-order valence-corrected chi connectivity index (χ4v) is 7.32. The van der Waals surface area contributed by atoms with E-state index in [4.69, 9.17) is 14.2 Å². The van der Waals surface area contributed by atoms with Crippen LogP contribution < -0.4 is 0 Å². The van der Waals surface area contributed by atoms with Crippen LogP contribution in [0.5, 0.6) is 0 Å². The van der Waals surface area contributed by atoms with Crippen molar-refractivity contribution in [2.45, 2.75) is 81.3 Å². The van der Waals surface area contributed by atoms with E-state index in [1.165, 1.54) is 0 Å². The van der Waals surface area contributed by atoms with Gasteiger partial charge in [-0.1, -0.05) is 20.8 Å². The zero-order valence-electron chi connectivity index (χ0n) is 15.8. The van der Waals surface area contributed by atoms with E-state index in [0.29, 0.717) is 19.3 Å². The predicted octanol–water partition coefficient (Wildman–Crippen LogP) is 0.0575. The number of carbonyl (C=O) groups is 1. The Kier molecular flexibility index (Phi) is 2.78. The molecular weight excluding hydrogens is 352 g/mol. The molecule has 7 nitrogen and oxygen atoms in total. The maximum absolute atomic E-state index is 12.1. The van der Waals surface area contributed by atoms with Crippen LogP contribution in [0.1, 0.15) is 40.0 Å². The van der Waals surface area contributed by atoms with Crippen LogP contribution in [-0.2, 0) is 19.0 Å². The molecule has 0 radical (unpaired) electrons. The number of rotatable bonds is 1. The highest BCUT2D eigenvalue weighted by Gasteiger charge is 2.94. The van der Waals surface area contributed by atoms with Gasteiger partial charge in [-0.05, 0) is 36.7 Å². The van der Waals surface area contributed by atoms with Crippen molar-refractivity contribution in [1.82, 2.24) is 0 Å². The van der Waals surface area contributed by atoms with E-state index in [1.54, 1.807) is 0 Å². The molecule has 1 spiro atoms. The van der Waals surface area contributed by atoms with E-state index in [1.807, 2.05) is 20.8 Å². The molecule has 6 rings (SSSR count). The summed E-state index contributed by atoms with van der Waals surface area (Å²) < 4.78 is 17.5. The average molecular weight is 378 g/mol. The molecular formula is C20H26O7. The van der Waals surface area contributed by atoms with Crippen molar-refractivity contribution in [3.63, 3.8) is 0 Å². The van der Waals surface area contributed by atoms with E-state index >= 15 is 0 Å². The minimum atomic E-state index is -1.64. The first-order valence-electron chi connectivity index (χ1n) is 9.99. The monoisotopic (exact) mass is 378 g/mol. The van der Waals surface area contributed by atoms with Gasteiger partial charge in [0.1, 0.15) is 36.1 Å². The topological polar surface area (TPSA) is 112 Å². The summed E-state index contributed by atoms with van der Waals surface area (Å²) in [5.74, 6) is -0.394. The second-order valence-corrected chi connectivity index (χ2v) is 9.85. The molecule has 0 amide bonds. The molecule has 0 aromatic heterocycles. The standard InChI is InChI=1S/C20H26O7/c1-8(2)18-13(21)14(22)20(24)17(3)5-4-9-10(7-25-15(9)23)11(17)6-12-19(20,26-12)16(18)27-18/h8,11-14,16,21-22,24H,4-7H2,1-3H3/t11-,12-,13-,14+,16-,17+,18-,19+,20-/m0/s1. The minimum absolute atomic E-state index is 0.0111. The number of aliphatic hydroxyl groups is 3. The van der Waals surface area contributed by atoms with Crippen LogP contribution >= 0.6 is 0 Å². The Morgan fingerprint density at radius 1 is 1.19 bits per heavy atom. The minimum Gasteiger partial charge on any atom is -0.458 e. The second-order valence-electron chi connectivity index (χ2n) is 9.85. The number of fused-ring (bicyclic) bond motifs is 4. The van der Waals surface area contributed by atoms with Crippen molar-refractivity contribution >= 4 is 5.97 Å². The molecule has 0 aromatic rings. The van der Waals surface area contributed by atoms with E-state index in [-0.39, 0.29) is 30.5 Å². The van der Waals surface area contributed by atoms with Crippen LogP contribution in [-0.4, -0.2) is 69.1 Å². The van der Waals surface area contributed by atoms with Gasteiger partial charge in [0.05, 0.1) is 6.10 Å². The highest BCUT2D eigenvalue weighted by molar-refractivity contribution is 5.92. The zero-order valence-corrected chi connectivity index (χ0v) is 15.8. The van der Waals surface area contributed by atoms with Gasteiger partial charge >= 0.3 is 5.97 Å². The number of epoxide rings is 2. The number of carbonyl (C=O) groups excluding carboxylic acids is 1. The molecule has 0 bridgehead atoms. The van der Waals surface area contributed by atoms with Gasteiger partial charge in [0.25, 0.3) is 0 Å². The Morgan fingerprint density at radius 3 is 2.63 bits per heavy atom. The van der Waals surface area contributed by atoms with Gasteiger partial charge < -0.3 is 29.5 Å². The van der Waals surface area contributed by atoms with Crippen LogP contribution in [0.2, 0.25) is 0 Å². The summed E-state index contributed by atoms with van der Waals surface area (Å²) in [6.45, 7) is 6.13. The number of esters is 1. The fraction of sp³-hybridized carbons (Fsp3) is 0.850. The molecule has 7 heteroatoms. The van der Waals surface area contributed by atoms with Crippen molar-refractivity contribution in [1.29, 1.82) is 0 Å². The number of hydrogen-bond donors (Lipinski definition) is 3. The molecule has 9 atom stereocenters. The van der Waals surface area contributed by atoms with Gasteiger partial charge in [-0.3, -0.25) is 0 Å². The first kappa shape index (κ1) is 16.9. The molecule has 27 heavy (non-hydrogen) atoms. The van der Waals surface area contributed by atoms with Crippen molar-refractivity contribution in [3.8, 4) is 0 Å². The Balaban J connectivity index is 1.51. The highest BCUT2D eigenvalue weighted by atomic mass is 16.7. The molecule has 3 aliphatic carbocycles. The molecule has 4 fully saturated rings. The van der Waals surface area contributed by atoms with E-state index in [0.717, 1.165) is 11.1 Å². The fourth-order valence-electron chi connectivity index (χ4n) is 7.32. The van der Waals surface area contributed by atoms with E-state index < -0.39 is 40.5 Å². The molecule has 6 aliphatic rings. The Hall–Kier alpha value is -0.990. The number of ether oxygens (including phenoxy) is 3. The lowest BCUT2D eigenvalue weighted by Crippen LogP contribution is -2.78. The smallest absolute Gasteiger partial charge is 0.334 e. The SMILES string of the molecule is CC(C)[C@@]12O[C@@H]1[C@]13O[C@H]1C[C@H]1C4=C(CC[C@@]1(C)[C@@]3(O)[C@H](O)[C@@H]2O)C(=O)OC4. The largest absolute Gasteiger partial charge is 0.458 e. The maximum Gasteiger partial charge on any atom is 0.334 e. The van der Waals surface area contributed by atoms with Crippen molar-refractivity contribution in [3.05, 3.63) is 11.1 Å². The number of hydrogen-bond acceptors (Lipinski definition) is 7. The zero-order chi connectivity index (χ0) is 19.1. The number of aliphatic hydroxyl groups excluding tert-OH is 2. The third kappa shape index (κ3) is 1.44. The van der Waals surface area contributed by atoms with Crippen molar-refractivity contribution < 1.29 is 34.3 Å². The molecule has 2 saturated carbocycles. The van der Waals surface area contributed by atoms with Gasteiger partial charge in [0, 0.05) is 11.0 Å². The van der Waals surface area contributed by atoms with Crippen LogP contribution in [0.4, 0.5) is 0 Å². The van der Waals surface area contributed by atoms with Crippen LogP contribution in [0.15, 0.2) is 11.1 Å². The normalized spacial score (nSPS) is 60.1. The maximum atomic E-state index is 12.1. The molecule has 0 unspecified atom stereocenters. The summed E-state index contributed by atoms with van der Waals surface area (Å²) in [6, 6.07) is 0. The lowest BCUT2D eigenvalue weighted by Gasteiger charge is -2.61. The third-order valence-corrected chi connectivity index (χ3v) is 8.91. The summed E-state index contributed by atoms with van der Waals surface area (Å²) in [6.07, 6.45) is -1.53. The lowest BCUT2D eigenvalue weighted by atomic mass is 9.44. The van der Waals surface area contributed by atoms with Crippen molar-refractivity contribution in [2.24, 2.45) is 17.3 Å². The Bertz CT molecular complexity index is 806.